The lowest BCUT2D eigenvalue weighted by atomic mass is 10.0. The first-order valence-electron chi connectivity index (χ1n) is 9.51. The predicted molar refractivity (Wildman–Crippen MR) is 115 cm³/mol. The molecule has 0 aliphatic rings. The number of amides is 1. The van der Waals surface area contributed by atoms with Gasteiger partial charge in [-0.25, -0.2) is 9.37 Å². The molecule has 6 nitrogen and oxygen atoms in total. The van der Waals surface area contributed by atoms with E-state index in [0.717, 1.165) is 5.56 Å². The molecule has 3 N–H and O–H groups in total. The van der Waals surface area contributed by atoms with Crippen molar-refractivity contribution in [1.29, 1.82) is 0 Å². The fourth-order valence-corrected chi connectivity index (χ4v) is 3.57. The van der Waals surface area contributed by atoms with Crippen LogP contribution < -0.4 is 10.5 Å². The van der Waals surface area contributed by atoms with Crippen LogP contribution in [0.25, 0.3) is 0 Å². The molecule has 0 saturated carbocycles. The van der Waals surface area contributed by atoms with E-state index in [1.807, 2.05) is 24.3 Å². The molecular weight excluding hydrogens is 453 g/mol. The summed E-state index contributed by atoms with van der Waals surface area (Å²) in [5, 5.41) is 10.2. The summed E-state index contributed by atoms with van der Waals surface area (Å²) in [5.41, 5.74) is 6.82. The molecule has 8 heteroatoms. The minimum Gasteiger partial charge on any atom is -0.489 e. The third kappa shape index (κ3) is 5.46. The maximum atomic E-state index is 14.1. The Bertz CT molecular complexity index is 1020. The molecule has 0 saturated heterocycles. The van der Waals surface area contributed by atoms with Gasteiger partial charge in [0.1, 0.15) is 23.9 Å². The van der Waals surface area contributed by atoms with Crippen molar-refractivity contribution in [2.75, 3.05) is 0 Å². The zero-order valence-electron chi connectivity index (χ0n) is 16.5. The van der Waals surface area contributed by atoms with Gasteiger partial charge in [-0.15, -0.1) is 0 Å². The number of rotatable bonds is 9. The third-order valence-electron chi connectivity index (χ3n) is 4.87. The molecule has 0 aliphatic carbocycles. The Balaban J connectivity index is 1.70. The van der Waals surface area contributed by atoms with Crippen molar-refractivity contribution in [3.05, 3.63) is 82.1 Å². The van der Waals surface area contributed by atoms with Gasteiger partial charge in [0, 0.05) is 16.2 Å². The second-order valence-electron chi connectivity index (χ2n) is 7.05. The Hall–Kier alpha value is -2.71. The van der Waals surface area contributed by atoms with E-state index in [4.69, 9.17) is 10.5 Å². The first kappa shape index (κ1) is 22.0. The summed E-state index contributed by atoms with van der Waals surface area (Å²) in [5.74, 6) is -0.286. The first-order valence-corrected chi connectivity index (χ1v) is 10.3. The molecule has 2 aromatic carbocycles. The van der Waals surface area contributed by atoms with Gasteiger partial charge in [-0.3, -0.25) is 4.79 Å². The van der Waals surface area contributed by atoms with Crippen molar-refractivity contribution in [1.82, 2.24) is 9.55 Å². The van der Waals surface area contributed by atoms with Crippen LogP contribution in [0, 0.1) is 5.82 Å². The summed E-state index contributed by atoms with van der Waals surface area (Å²) in [4.78, 5) is 15.3. The van der Waals surface area contributed by atoms with Crippen LogP contribution in [0.15, 0.2) is 59.5 Å². The van der Waals surface area contributed by atoms with Gasteiger partial charge in [-0.2, -0.15) is 0 Å². The van der Waals surface area contributed by atoms with Crippen molar-refractivity contribution in [2.45, 2.75) is 38.5 Å². The summed E-state index contributed by atoms with van der Waals surface area (Å²) in [7, 11) is 0. The molecule has 1 amide bonds. The van der Waals surface area contributed by atoms with Crippen LogP contribution in [0.1, 0.15) is 41.0 Å². The number of primary amides is 1. The molecule has 2 unspecified atom stereocenters. The molecule has 2 atom stereocenters. The van der Waals surface area contributed by atoms with Crippen LogP contribution in [0.5, 0.6) is 5.75 Å². The van der Waals surface area contributed by atoms with E-state index >= 15 is 0 Å². The Labute approximate surface area is 182 Å². The van der Waals surface area contributed by atoms with Crippen molar-refractivity contribution >= 4 is 21.8 Å². The first-order chi connectivity index (χ1) is 14.3. The number of hydrogen-bond acceptors (Lipinski definition) is 4. The Kier molecular flexibility index (Phi) is 7.23. The predicted octanol–water partition coefficient (Wildman–Crippen LogP) is 4.02. The normalized spacial score (nSPS) is 13.1. The van der Waals surface area contributed by atoms with Gasteiger partial charge in [-0.05, 0) is 43.5 Å². The number of nitrogens with two attached hydrogens (primary N) is 1. The smallest absolute Gasteiger partial charge is 0.268 e. The Morgan fingerprint density at radius 1 is 1.30 bits per heavy atom. The molecule has 0 aliphatic heterocycles. The third-order valence-corrected chi connectivity index (χ3v) is 5.37. The highest BCUT2D eigenvalue weighted by Gasteiger charge is 2.19. The van der Waals surface area contributed by atoms with Crippen LogP contribution in [0.2, 0.25) is 0 Å². The van der Waals surface area contributed by atoms with Crippen molar-refractivity contribution in [3.63, 3.8) is 0 Å². The number of aromatic nitrogens is 2. The number of aryl methyl sites for hydroxylation is 1. The van der Waals surface area contributed by atoms with E-state index in [0.29, 0.717) is 28.6 Å². The van der Waals surface area contributed by atoms with Crippen molar-refractivity contribution < 1.29 is 19.0 Å². The molecule has 0 radical (unpaired) electrons. The highest BCUT2D eigenvalue weighted by molar-refractivity contribution is 9.10. The highest BCUT2D eigenvalue weighted by Crippen LogP contribution is 2.26. The number of carbonyl (C=O) groups is 1. The summed E-state index contributed by atoms with van der Waals surface area (Å²) in [6, 6.07) is 12.1. The second kappa shape index (κ2) is 9.86. The van der Waals surface area contributed by atoms with Gasteiger partial charge >= 0.3 is 0 Å². The lowest BCUT2D eigenvalue weighted by Crippen LogP contribution is -2.21. The summed E-state index contributed by atoms with van der Waals surface area (Å²) >= 11 is 3.24. The van der Waals surface area contributed by atoms with Crippen LogP contribution in [0.3, 0.4) is 0 Å². The maximum absolute atomic E-state index is 14.1. The topological polar surface area (TPSA) is 90.4 Å². The Morgan fingerprint density at radius 3 is 2.73 bits per heavy atom. The van der Waals surface area contributed by atoms with Gasteiger partial charge in [0.25, 0.3) is 5.91 Å². The molecular formula is C22H23BrFN3O3. The number of carbonyl (C=O) groups excluding carboxylic acids is 1. The SMILES string of the molecule is CC(O)C(CCc1ccccc1OCc1ccc(Br)cc1F)n1cnc(C(N)=O)c1. The van der Waals surface area contributed by atoms with E-state index in [9.17, 15) is 14.3 Å². The number of benzene rings is 2. The maximum Gasteiger partial charge on any atom is 0.268 e. The monoisotopic (exact) mass is 475 g/mol. The molecule has 30 heavy (non-hydrogen) atoms. The molecule has 158 valence electrons. The lowest BCUT2D eigenvalue weighted by molar-refractivity contribution is 0.0994. The highest BCUT2D eigenvalue weighted by atomic mass is 79.9. The molecule has 3 rings (SSSR count). The van der Waals surface area contributed by atoms with Crippen LogP contribution in [0.4, 0.5) is 4.39 Å². The summed E-state index contributed by atoms with van der Waals surface area (Å²) in [6.45, 7) is 1.80. The number of para-hydroxylation sites is 1. The van der Waals surface area contributed by atoms with E-state index < -0.39 is 12.0 Å². The molecule has 1 heterocycles. The number of halogens is 2. The number of nitrogens with zero attached hydrogens (tertiary/aromatic N) is 2. The zero-order chi connectivity index (χ0) is 21.7. The molecule has 3 aromatic rings. The molecule has 0 spiro atoms. The summed E-state index contributed by atoms with van der Waals surface area (Å²) in [6.07, 6.45) is 3.57. The van der Waals surface area contributed by atoms with Gasteiger partial charge in [0.2, 0.25) is 0 Å². The minimum atomic E-state index is -0.662. The number of hydrogen-bond donors (Lipinski definition) is 2. The second-order valence-corrected chi connectivity index (χ2v) is 7.96. The van der Waals surface area contributed by atoms with E-state index in [1.54, 1.807) is 29.8 Å². The average Bonchev–Trinajstić information content (AvgIpc) is 3.18. The molecule has 0 fully saturated rings. The van der Waals surface area contributed by atoms with E-state index in [1.165, 1.54) is 12.4 Å². The van der Waals surface area contributed by atoms with Gasteiger partial charge < -0.3 is 20.1 Å². The van der Waals surface area contributed by atoms with Crippen LogP contribution in [-0.4, -0.2) is 26.7 Å². The summed E-state index contributed by atoms with van der Waals surface area (Å²) < 4.78 is 22.3. The Morgan fingerprint density at radius 2 is 2.07 bits per heavy atom. The number of aliphatic hydroxyl groups excluding tert-OH is 1. The molecule has 0 bridgehead atoms. The lowest BCUT2D eigenvalue weighted by Gasteiger charge is -2.22. The van der Waals surface area contributed by atoms with Crippen LogP contribution >= 0.6 is 15.9 Å². The fourth-order valence-electron chi connectivity index (χ4n) is 3.23. The van der Waals surface area contributed by atoms with Crippen LogP contribution in [-0.2, 0) is 13.0 Å². The standard InChI is InChI=1S/C22H23BrFN3O3/c1-14(28)20(27-11-19(22(25)29)26-13-27)9-7-15-4-2-3-5-21(15)30-12-16-6-8-17(23)10-18(16)24/h2-6,8,10-11,13-14,20,28H,7,9,12H2,1H3,(H2,25,29). The minimum absolute atomic E-state index is 0.111. The van der Waals surface area contributed by atoms with E-state index in [-0.39, 0.29) is 24.2 Å². The van der Waals surface area contributed by atoms with Crippen molar-refractivity contribution in [2.24, 2.45) is 5.73 Å². The zero-order valence-corrected chi connectivity index (χ0v) is 18.0. The molecule has 1 aromatic heterocycles. The van der Waals surface area contributed by atoms with Gasteiger partial charge in [-0.1, -0.05) is 40.2 Å². The number of imidazole rings is 1. The van der Waals surface area contributed by atoms with E-state index in [2.05, 4.69) is 20.9 Å². The average molecular weight is 476 g/mol. The van der Waals surface area contributed by atoms with Gasteiger partial charge in [0.15, 0.2) is 0 Å². The van der Waals surface area contributed by atoms with Gasteiger partial charge in [0.05, 0.1) is 18.5 Å². The quantitative estimate of drug-likeness (QED) is 0.488. The number of aliphatic hydroxyl groups is 1. The largest absolute Gasteiger partial charge is 0.489 e. The van der Waals surface area contributed by atoms with Crippen molar-refractivity contribution in [3.8, 4) is 5.75 Å². The number of ether oxygens (including phenoxy) is 1. The fraction of sp³-hybridized carbons (Fsp3) is 0.273.